The van der Waals surface area contributed by atoms with E-state index >= 15 is 0 Å². The second kappa shape index (κ2) is 5.34. The number of pyridine rings is 1. The highest BCUT2D eigenvalue weighted by Gasteiger charge is 2.14. The Bertz CT molecular complexity index is 513. The van der Waals surface area contributed by atoms with Crippen LogP contribution in [0.1, 0.15) is 22.8 Å². The zero-order valence-electron chi connectivity index (χ0n) is 9.92. The third-order valence-corrected chi connectivity index (χ3v) is 3.46. The first-order valence-corrected chi connectivity index (χ1v) is 6.67. The highest BCUT2D eigenvalue weighted by molar-refractivity contribution is 7.98. The number of nitrogens with zero attached hydrogens (tertiary/aromatic N) is 1. The van der Waals surface area contributed by atoms with Gasteiger partial charge < -0.3 is 5.11 Å². The highest BCUT2D eigenvalue weighted by atomic mass is 32.2. The van der Waals surface area contributed by atoms with Crippen LogP contribution in [0.25, 0.3) is 0 Å². The Hall–Kier alpha value is -1.32. The molecule has 1 aromatic heterocycles. The van der Waals surface area contributed by atoms with E-state index in [2.05, 4.69) is 4.98 Å². The maximum atomic E-state index is 10.4. The fourth-order valence-corrected chi connectivity index (χ4v) is 2.43. The molecule has 1 aromatic carbocycles. The average Bonchev–Trinajstić information content (AvgIpc) is 2.38. The number of thioether (sulfide) groups is 1. The van der Waals surface area contributed by atoms with Gasteiger partial charge in [0.25, 0.3) is 0 Å². The number of aromatic nitrogens is 1. The Balaban J connectivity index is 2.40. The summed E-state index contributed by atoms with van der Waals surface area (Å²) in [5.74, 6) is 0. The molecule has 1 unspecified atom stereocenters. The largest absolute Gasteiger partial charge is 0.384 e. The number of aliphatic hydroxyl groups excluding tert-OH is 1. The molecule has 0 saturated carbocycles. The molecule has 0 amide bonds. The summed E-state index contributed by atoms with van der Waals surface area (Å²) in [6.45, 7) is 1.98. The van der Waals surface area contributed by atoms with Gasteiger partial charge in [-0.25, -0.2) is 0 Å². The summed E-state index contributed by atoms with van der Waals surface area (Å²) >= 11 is 1.64. The molecular formula is C14H15NOS. The highest BCUT2D eigenvalue weighted by Crippen LogP contribution is 2.29. The van der Waals surface area contributed by atoms with Crippen LogP contribution in [0, 0.1) is 6.92 Å². The molecule has 0 saturated heterocycles. The Morgan fingerprint density at radius 3 is 2.71 bits per heavy atom. The molecule has 1 N–H and O–H groups in total. The molecule has 0 aliphatic heterocycles. The third-order valence-electron chi connectivity index (χ3n) is 2.65. The van der Waals surface area contributed by atoms with Crippen molar-refractivity contribution in [1.82, 2.24) is 4.98 Å². The van der Waals surface area contributed by atoms with E-state index in [9.17, 15) is 5.11 Å². The Morgan fingerprint density at radius 1 is 1.24 bits per heavy atom. The predicted molar refractivity (Wildman–Crippen MR) is 71.3 cm³/mol. The number of hydrogen-bond acceptors (Lipinski definition) is 3. The summed E-state index contributed by atoms with van der Waals surface area (Å²) in [6, 6.07) is 9.87. The van der Waals surface area contributed by atoms with Crippen molar-refractivity contribution in [2.45, 2.75) is 17.9 Å². The lowest BCUT2D eigenvalue weighted by Crippen LogP contribution is -2.02. The molecule has 2 aromatic rings. The van der Waals surface area contributed by atoms with Crippen LogP contribution in [0.2, 0.25) is 0 Å². The smallest absolute Gasteiger partial charge is 0.107 e. The van der Waals surface area contributed by atoms with Gasteiger partial charge in [0, 0.05) is 22.9 Å². The maximum Gasteiger partial charge on any atom is 0.107 e. The minimum absolute atomic E-state index is 0.606. The van der Waals surface area contributed by atoms with Gasteiger partial charge in [0.1, 0.15) is 6.10 Å². The van der Waals surface area contributed by atoms with Gasteiger partial charge in [0.2, 0.25) is 0 Å². The van der Waals surface area contributed by atoms with Crippen molar-refractivity contribution in [1.29, 1.82) is 0 Å². The molecule has 0 fully saturated rings. The first-order chi connectivity index (χ1) is 8.22. The van der Waals surface area contributed by atoms with Crippen LogP contribution >= 0.6 is 11.8 Å². The van der Waals surface area contributed by atoms with E-state index in [1.807, 2.05) is 43.5 Å². The number of benzene rings is 1. The van der Waals surface area contributed by atoms with Crippen LogP contribution < -0.4 is 0 Å². The number of aryl methyl sites for hydroxylation is 1. The van der Waals surface area contributed by atoms with Crippen molar-refractivity contribution in [3.05, 3.63) is 59.4 Å². The average molecular weight is 245 g/mol. The van der Waals surface area contributed by atoms with E-state index in [0.29, 0.717) is 0 Å². The van der Waals surface area contributed by atoms with Gasteiger partial charge in [-0.05, 0) is 30.4 Å². The van der Waals surface area contributed by atoms with Gasteiger partial charge >= 0.3 is 0 Å². The second-order valence-corrected chi connectivity index (χ2v) is 4.79. The summed E-state index contributed by atoms with van der Waals surface area (Å²) < 4.78 is 0. The third kappa shape index (κ3) is 2.68. The molecule has 0 aliphatic carbocycles. The minimum Gasteiger partial charge on any atom is -0.384 e. The topological polar surface area (TPSA) is 33.1 Å². The monoisotopic (exact) mass is 245 g/mol. The number of rotatable bonds is 3. The van der Waals surface area contributed by atoms with Crippen molar-refractivity contribution in [2.75, 3.05) is 6.26 Å². The lowest BCUT2D eigenvalue weighted by molar-refractivity contribution is 0.217. The lowest BCUT2D eigenvalue weighted by atomic mass is 10.0. The van der Waals surface area contributed by atoms with Crippen LogP contribution in [-0.2, 0) is 0 Å². The zero-order chi connectivity index (χ0) is 12.3. The molecule has 0 bridgehead atoms. The fourth-order valence-electron chi connectivity index (χ4n) is 1.80. The Morgan fingerprint density at radius 2 is 2.00 bits per heavy atom. The Kier molecular flexibility index (Phi) is 3.82. The van der Waals surface area contributed by atoms with Crippen molar-refractivity contribution >= 4 is 11.8 Å². The summed E-state index contributed by atoms with van der Waals surface area (Å²) in [5, 5.41) is 10.4. The SMILES string of the molecule is CSc1ccccc1C(O)c1cncc(C)c1. The molecular weight excluding hydrogens is 230 g/mol. The van der Waals surface area contributed by atoms with Crippen LogP contribution in [-0.4, -0.2) is 16.3 Å². The van der Waals surface area contributed by atoms with Crippen LogP contribution in [0.15, 0.2) is 47.6 Å². The first kappa shape index (κ1) is 12.1. The zero-order valence-corrected chi connectivity index (χ0v) is 10.7. The Labute approximate surface area is 106 Å². The van der Waals surface area contributed by atoms with Crippen molar-refractivity contribution < 1.29 is 5.11 Å². The van der Waals surface area contributed by atoms with Crippen LogP contribution in [0.5, 0.6) is 0 Å². The van der Waals surface area contributed by atoms with Gasteiger partial charge in [-0.2, -0.15) is 0 Å². The predicted octanol–water partition coefficient (Wildman–Crippen LogP) is 3.19. The molecule has 88 valence electrons. The van der Waals surface area contributed by atoms with Gasteiger partial charge in [0.05, 0.1) is 0 Å². The second-order valence-electron chi connectivity index (χ2n) is 3.94. The molecule has 2 rings (SSSR count). The van der Waals surface area contributed by atoms with E-state index in [1.165, 1.54) is 0 Å². The summed E-state index contributed by atoms with van der Waals surface area (Å²) in [7, 11) is 0. The number of aliphatic hydroxyl groups is 1. The van der Waals surface area contributed by atoms with Crippen LogP contribution in [0.3, 0.4) is 0 Å². The van der Waals surface area contributed by atoms with Gasteiger partial charge in [-0.15, -0.1) is 11.8 Å². The minimum atomic E-state index is -0.606. The van der Waals surface area contributed by atoms with E-state index in [4.69, 9.17) is 0 Å². The summed E-state index contributed by atoms with van der Waals surface area (Å²) in [4.78, 5) is 5.22. The van der Waals surface area contributed by atoms with Gasteiger partial charge in [-0.1, -0.05) is 24.3 Å². The van der Waals surface area contributed by atoms with E-state index in [1.54, 1.807) is 24.2 Å². The number of hydrogen-bond donors (Lipinski definition) is 1. The van der Waals surface area contributed by atoms with E-state index < -0.39 is 6.10 Å². The maximum absolute atomic E-state index is 10.4. The molecule has 1 atom stereocenters. The summed E-state index contributed by atoms with van der Waals surface area (Å²) in [6.07, 6.45) is 4.91. The van der Waals surface area contributed by atoms with Gasteiger partial charge in [-0.3, -0.25) is 4.98 Å². The summed E-state index contributed by atoms with van der Waals surface area (Å²) in [5.41, 5.74) is 2.84. The van der Waals surface area contributed by atoms with Crippen molar-refractivity contribution in [3.63, 3.8) is 0 Å². The quantitative estimate of drug-likeness (QED) is 0.843. The molecule has 0 spiro atoms. The normalized spacial score (nSPS) is 12.4. The molecule has 0 radical (unpaired) electrons. The molecule has 0 aliphatic rings. The van der Waals surface area contributed by atoms with Crippen molar-refractivity contribution in [2.24, 2.45) is 0 Å². The standard InChI is InChI=1S/C14H15NOS/c1-10-7-11(9-15-8-10)14(16)12-5-3-4-6-13(12)17-2/h3-9,14,16H,1-2H3. The molecule has 17 heavy (non-hydrogen) atoms. The van der Waals surface area contributed by atoms with Crippen LogP contribution in [0.4, 0.5) is 0 Å². The lowest BCUT2D eigenvalue weighted by Gasteiger charge is -2.14. The van der Waals surface area contributed by atoms with E-state index in [0.717, 1.165) is 21.6 Å². The molecule has 3 heteroatoms. The van der Waals surface area contributed by atoms with Crippen molar-refractivity contribution in [3.8, 4) is 0 Å². The molecule has 1 heterocycles. The first-order valence-electron chi connectivity index (χ1n) is 5.45. The fraction of sp³-hybridized carbons (Fsp3) is 0.214. The molecule has 2 nitrogen and oxygen atoms in total. The van der Waals surface area contributed by atoms with Gasteiger partial charge in [0.15, 0.2) is 0 Å². The van der Waals surface area contributed by atoms with E-state index in [-0.39, 0.29) is 0 Å².